The number of anilines is 1. The fourth-order valence-corrected chi connectivity index (χ4v) is 4.06. The highest BCUT2D eigenvalue weighted by molar-refractivity contribution is 7.92. The van der Waals surface area contributed by atoms with E-state index in [2.05, 4.69) is 10.0 Å². The number of amides is 1. The van der Waals surface area contributed by atoms with E-state index in [-0.39, 0.29) is 27.5 Å². The van der Waals surface area contributed by atoms with Crippen molar-refractivity contribution < 1.29 is 17.6 Å². The van der Waals surface area contributed by atoms with Crippen LogP contribution in [0.3, 0.4) is 0 Å². The van der Waals surface area contributed by atoms with Gasteiger partial charge in [0, 0.05) is 17.5 Å². The highest BCUT2D eigenvalue weighted by Crippen LogP contribution is 2.22. The van der Waals surface area contributed by atoms with Gasteiger partial charge in [-0.2, -0.15) is 0 Å². The maximum atomic E-state index is 13.8. The molecule has 7 heteroatoms. The highest BCUT2D eigenvalue weighted by Gasteiger charge is 2.22. The maximum absolute atomic E-state index is 13.8. The normalized spacial score (nSPS) is 11.7. The van der Waals surface area contributed by atoms with E-state index in [9.17, 15) is 17.6 Å². The first-order valence-electron chi connectivity index (χ1n) is 9.40. The lowest BCUT2D eigenvalue weighted by molar-refractivity contribution is 0.0945. The number of halogens is 1. The van der Waals surface area contributed by atoms with Gasteiger partial charge in [-0.3, -0.25) is 9.52 Å². The van der Waals surface area contributed by atoms with Gasteiger partial charge in [-0.15, -0.1) is 0 Å². The number of para-hydroxylation sites is 1. The Labute approximate surface area is 176 Å². The molecule has 3 rings (SSSR count). The van der Waals surface area contributed by atoms with Gasteiger partial charge >= 0.3 is 0 Å². The van der Waals surface area contributed by atoms with Crippen LogP contribution in [-0.4, -0.2) is 20.9 Å². The molecule has 0 radical (unpaired) electrons. The first-order chi connectivity index (χ1) is 14.2. The zero-order valence-electron chi connectivity index (χ0n) is 16.7. The summed E-state index contributed by atoms with van der Waals surface area (Å²) >= 11 is 0. The van der Waals surface area contributed by atoms with Crippen molar-refractivity contribution in [3.05, 3.63) is 95.8 Å². The third kappa shape index (κ3) is 5.04. The fourth-order valence-electron chi connectivity index (χ4n) is 2.95. The minimum absolute atomic E-state index is 0.124. The van der Waals surface area contributed by atoms with E-state index in [1.54, 1.807) is 0 Å². The third-order valence-electron chi connectivity index (χ3n) is 4.77. The van der Waals surface area contributed by atoms with Crippen LogP contribution >= 0.6 is 0 Å². The second kappa shape index (κ2) is 8.67. The molecule has 5 nitrogen and oxygen atoms in total. The average molecular weight is 427 g/mol. The largest absolute Gasteiger partial charge is 0.351 e. The van der Waals surface area contributed by atoms with E-state index < -0.39 is 15.8 Å². The summed E-state index contributed by atoms with van der Waals surface area (Å²) in [5.41, 5.74) is 0.829. The van der Waals surface area contributed by atoms with Crippen LogP contribution in [0, 0.1) is 5.82 Å². The molecule has 0 aliphatic carbocycles. The average Bonchev–Trinajstić information content (AvgIpc) is 2.74. The van der Waals surface area contributed by atoms with Crippen molar-refractivity contribution in [2.24, 2.45) is 0 Å². The summed E-state index contributed by atoms with van der Waals surface area (Å²) < 4.78 is 41.3. The van der Waals surface area contributed by atoms with Crippen LogP contribution in [0.2, 0.25) is 0 Å². The third-order valence-corrected chi connectivity index (χ3v) is 6.13. The molecule has 0 spiro atoms. The Balaban J connectivity index is 1.74. The molecule has 0 heterocycles. The lowest BCUT2D eigenvalue weighted by Crippen LogP contribution is -2.36. The van der Waals surface area contributed by atoms with E-state index in [1.807, 2.05) is 44.2 Å². The second-order valence-electron chi connectivity index (χ2n) is 7.55. The van der Waals surface area contributed by atoms with Crippen molar-refractivity contribution in [3.8, 4) is 0 Å². The van der Waals surface area contributed by atoms with Crippen molar-refractivity contribution >= 4 is 21.6 Å². The minimum atomic E-state index is -4.05. The predicted octanol–water partition coefficient (Wildman–Crippen LogP) is 4.33. The minimum Gasteiger partial charge on any atom is -0.351 e. The molecule has 0 fully saturated rings. The monoisotopic (exact) mass is 426 g/mol. The second-order valence-corrected chi connectivity index (χ2v) is 9.23. The summed E-state index contributed by atoms with van der Waals surface area (Å²) in [6.07, 6.45) is 0. The first-order valence-corrected chi connectivity index (χ1v) is 10.9. The fraction of sp³-hybridized carbons (Fsp3) is 0.174. The number of hydrogen-bond donors (Lipinski definition) is 2. The molecule has 0 aromatic heterocycles. The van der Waals surface area contributed by atoms with Crippen molar-refractivity contribution in [2.45, 2.75) is 24.2 Å². The van der Waals surface area contributed by atoms with Gasteiger partial charge in [-0.05, 0) is 35.9 Å². The van der Waals surface area contributed by atoms with Crippen molar-refractivity contribution in [3.63, 3.8) is 0 Å². The van der Waals surface area contributed by atoms with E-state index >= 15 is 0 Å². The molecule has 3 aromatic carbocycles. The number of hydrogen-bond acceptors (Lipinski definition) is 3. The molecule has 1 amide bonds. The molecule has 2 N–H and O–H groups in total. The highest BCUT2D eigenvalue weighted by atomic mass is 32.2. The molecule has 0 atom stereocenters. The Hall–Kier alpha value is -3.19. The van der Waals surface area contributed by atoms with Crippen LogP contribution in [0.15, 0.2) is 83.8 Å². The van der Waals surface area contributed by atoms with E-state index in [0.717, 1.165) is 11.6 Å². The Morgan fingerprint density at radius 3 is 2.30 bits per heavy atom. The van der Waals surface area contributed by atoms with Gasteiger partial charge < -0.3 is 5.32 Å². The lowest BCUT2D eigenvalue weighted by atomic mass is 9.84. The van der Waals surface area contributed by atoms with Gasteiger partial charge in [0.05, 0.1) is 10.6 Å². The molecule has 0 bridgehead atoms. The topological polar surface area (TPSA) is 75.3 Å². The molecule has 3 aromatic rings. The zero-order chi connectivity index (χ0) is 21.8. The van der Waals surface area contributed by atoms with Crippen molar-refractivity contribution in [2.75, 3.05) is 11.3 Å². The molecular formula is C23H23FN2O3S. The molecule has 156 valence electrons. The zero-order valence-corrected chi connectivity index (χ0v) is 17.5. The van der Waals surface area contributed by atoms with E-state index in [4.69, 9.17) is 0 Å². The molecule has 0 saturated heterocycles. The lowest BCUT2D eigenvalue weighted by Gasteiger charge is -2.25. The Morgan fingerprint density at radius 1 is 0.933 bits per heavy atom. The van der Waals surface area contributed by atoms with Crippen molar-refractivity contribution in [1.82, 2.24) is 5.32 Å². The summed E-state index contributed by atoms with van der Waals surface area (Å²) in [6.45, 7) is 4.41. The number of carbonyl (C=O) groups is 1. The van der Waals surface area contributed by atoms with Gasteiger partial charge in [0.1, 0.15) is 5.82 Å². The number of carbonyl (C=O) groups excluding carboxylic acids is 1. The maximum Gasteiger partial charge on any atom is 0.262 e. The molecular weight excluding hydrogens is 403 g/mol. The van der Waals surface area contributed by atoms with Crippen LogP contribution in [0.5, 0.6) is 0 Å². The Bertz CT molecular complexity index is 1150. The van der Waals surface area contributed by atoms with Crippen LogP contribution in [0.1, 0.15) is 29.8 Å². The quantitative estimate of drug-likeness (QED) is 0.590. The first kappa shape index (κ1) is 21.5. The number of benzene rings is 3. The number of nitrogens with one attached hydrogen (secondary N) is 2. The predicted molar refractivity (Wildman–Crippen MR) is 115 cm³/mol. The Morgan fingerprint density at radius 2 is 1.60 bits per heavy atom. The van der Waals surface area contributed by atoms with Gasteiger partial charge in [-0.1, -0.05) is 62.4 Å². The van der Waals surface area contributed by atoms with Gasteiger partial charge in [0.15, 0.2) is 0 Å². The van der Waals surface area contributed by atoms with Crippen LogP contribution in [0.25, 0.3) is 0 Å². The van der Waals surface area contributed by atoms with E-state index in [0.29, 0.717) is 6.54 Å². The molecule has 0 aliphatic rings. The molecule has 0 unspecified atom stereocenters. The summed E-state index contributed by atoms with van der Waals surface area (Å²) in [4.78, 5) is 12.5. The van der Waals surface area contributed by atoms with Crippen LogP contribution < -0.4 is 10.0 Å². The molecule has 0 aliphatic heterocycles. The number of sulfonamides is 1. The molecule has 0 saturated carbocycles. The summed E-state index contributed by atoms with van der Waals surface area (Å²) in [5, 5.41) is 2.86. The smallest absolute Gasteiger partial charge is 0.262 e. The SMILES string of the molecule is CC(C)(CNC(=O)c1cccc(S(=O)(=O)Nc2ccccc2F)c1)c1ccccc1. The summed E-state index contributed by atoms with van der Waals surface area (Å²) in [7, 11) is -4.05. The summed E-state index contributed by atoms with van der Waals surface area (Å²) in [6, 6.07) is 20.9. The Kier molecular flexibility index (Phi) is 6.22. The molecule has 30 heavy (non-hydrogen) atoms. The van der Waals surface area contributed by atoms with Gasteiger partial charge in [-0.25, -0.2) is 12.8 Å². The number of rotatable bonds is 7. The van der Waals surface area contributed by atoms with Crippen molar-refractivity contribution in [1.29, 1.82) is 0 Å². The van der Waals surface area contributed by atoms with Crippen LogP contribution in [-0.2, 0) is 15.4 Å². The van der Waals surface area contributed by atoms with E-state index in [1.165, 1.54) is 42.5 Å². The van der Waals surface area contributed by atoms with Gasteiger partial charge in [0.2, 0.25) is 0 Å². The summed E-state index contributed by atoms with van der Waals surface area (Å²) in [5.74, 6) is -1.07. The standard InChI is InChI=1S/C23H23FN2O3S/c1-23(2,18-10-4-3-5-11-18)16-25-22(27)17-9-8-12-19(15-17)30(28,29)26-21-14-7-6-13-20(21)24/h3-15,26H,16H2,1-2H3,(H,25,27). The van der Waals surface area contributed by atoms with Crippen LogP contribution in [0.4, 0.5) is 10.1 Å². The van der Waals surface area contributed by atoms with Gasteiger partial charge in [0.25, 0.3) is 15.9 Å².